The molecular weight excluding hydrogens is 641 g/mol. The fourth-order valence-electron chi connectivity index (χ4n) is 6.36. The van der Waals surface area contributed by atoms with Crippen molar-refractivity contribution >= 4 is 47.4 Å². The van der Waals surface area contributed by atoms with Gasteiger partial charge in [-0.15, -0.1) is 0 Å². The number of alkyl carbamates (subject to hydrolysis) is 1. The maximum atomic E-state index is 14.3. The molecule has 2 heterocycles. The average molecular weight is 680 g/mol. The van der Waals surface area contributed by atoms with Crippen LogP contribution < -0.4 is 26.1 Å². The first kappa shape index (κ1) is 33.8. The Morgan fingerprint density at radius 2 is 1.47 bits per heavy atom. The maximum absolute atomic E-state index is 14.3. The van der Waals surface area contributed by atoms with Crippen LogP contribution in [0.2, 0.25) is 0 Å². The number of ether oxygens (including phenoxy) is 1. The molecule has 3 atom stereocenters. The summed E-state index contributed by atoms with van der Waals surface area (Å²) in [5.41, 5.74) is 3.22. The number of nitrogens with one attached hydrogen (secondary N) is 2. The van der Waals surface area contributed by atoms with Crippen LogP contribution in [0.3, 0.4) is 0 Å². The smallest absolute Gasteiger partial charge is 0.408 e. The maximum Gasteiger partial charge on any atom is 0.408 e. The van der Waals surface area contributed by atoms with Crippen LogP contribution >= 0.6 is 7.37 Å². The number of carbonyl (C=O) groups excluding carboxylic acids is 4. The summed E-state index contributed by atoms with van der Waals surface area (Å²) in [5, 5.41) is 6.46. The molecule has 11 heteroatoms. The standard InChI is InChI=1S/C38H38N3O7P/c1-2-31(34(42)25-48-49(46,29-17-8-4-9-18-29)30-19-10-5-11-20-30)39-36(43)33-23-28-16-12-15-27-21-22-32(37(44)41(33)35(27)28)40-38(45)47-24-26-13-6-3-7-14-26/h3-20,31-33H,2,21-25H2,1H3,(H,39,43)(H,40,45)/t31?,32-,33-/m0/s1. The van der Waals surface area contributed by atoms with Crippen LogP contribution in [-0.2, 0) is 47.7 Å². The molecule has 0 fully saturated rings. The highest BCUT2D eigenvalue weighted by Gasteiger charge is 2.44. The minimum atomic E-state index is -3.62. The molecule has 10 nitrogen and oxygen atoms in total. The lowest BCUT2D eigenvalue weighted by Crippen LogP contribution is -2.56. The highest BCUT2D eigenvalue weighted by atomic mass is 31.2. The number of amides is 3. The van der Waals surface area contributed by atoms with Crippen LogP contribution in [0.15, 0.2) is 109 Å². The monoisotopic (exact) mass is 679 g/mol. The molecule has 2 N–H and O–H groups in total. The predicted molar refractivity (Wildman–Crippen MR) is 186 cm³/mol. The summed E-state index contributed by atoms with van der Waals surface area (Å²) in [7, 11) is -3.62. The fraction of sp³-hybridized carbons (Fsp3) is 0.263. The van der Waals surface area contributed by atoms with E-state index in [0.29, 0.717) is 29.1 Å². The van der Waals surface area contributed by atoms with Crippen molar-refractivity contribution in [1.82, 2.24) is 10.6 Å². The highest BCUT2D eigenvalue weighted by Crippen LogP contribution is 2.44. The molecule has 0 spiro atoms. The van der Waals surface area contributed by atoms with Crippen molar-refractivity contribution in [2.75, 3.05) is 11.5 Å². The van der Waals surface area contributed by atoms with E-state index in [1.54, 1.807) is 55.5 Å². The van der Waals surface area contributed by atoms with Gasteiger partial charge in [-0.3, -0.25) is 23.8 Å². The van der Waals surface area contributed by atoms with Gasteiger partial charge in [0.2, 0.25) is 11.8 Å². The van der Waals surface area contributed by atoms with Crippen molar-refractivity contribution in [1.29, 1.82) is 0 Å². The topological polar surface area (TPSA) is 131 Å². The Morgan fingerprint density at radius 3 is 2.10 bits per heavy atom. The average Bonchev–Trinajstić information content (AvgIpc) is 3.48. The van der Waals surface area contributed by atoms with Gasteiger partial charge in [-0.1, -0.05) is 91.9 Å². The molecule has 4 aromatic carbocycles. The van der Waals surface area contributed by atoms with Crippen LogP contribution in [0.1, 0.15) is 36.5 Å². The van der Waals surface area contributed by atoms with Gasteiger partial charge in [0.15, 0.2) is 5.78 Å². The molecule has 6 rings (SSSR count). The molecule has 49 heavy (non-hydrogen) atoms. The number of rotatable bonds is 12. The van der Waals surface area contributed by atoms with E-state index in [2.05, 4.69) is 10.6 Å². The lowest BCUT2D eigenvalue weighted by Gasteiger charge is -2.29. The number of para-hydroxylation sites is 1. The third-order valence-corrected chi connectivity index (χ3v) is 11.4. The van der Waals surface area contributed by atoms with Crippen molar-refractivity contribution in [2.24, 2.45) is 0 Å². The minimum absolute atomic E-state index is 0.0506. The van der Waals surface area contributed by atoms with E-state index in [-0.39, 0.29) is 19.4 Å². The number of anilines is 1. The zero-order chi connectivity index (χ0) is 34.4. The molecule has 0 saturated carbocycles. The summed E-state index contributed by atoms with van der Waals surface area (Å²) in [6.45, 7) is 1.32. The molecule has 1 unspecified atom stereocenters. The Labute approximate surface area is 285 Å². The van der Waals surface area contributed by atoms with Crippen LogP contribution in [0, 0.1) is 0 Å². The lowest BCUT2D eigenvalue weighted by molar-refractivity contribution is -0.130. The quantitative estimate of drug-likeness (QED) is 0.210. The molecule has 2 aliphatic rings. The Hall–Kier alpha value is -5.05. The summed E-state index contributed by atoms with van der Waals surface area (Å²) in [6, 6.07) is 29.6. The predicted octanol–water partition coefficient (Wildman–Crippen LogP) is 4.60. The third-order valence-electron chi connectivity index (χ3n) is 8.91. The van der Waals surface area contributed by atoms with E-state index in [0.717, 1.165) is 16.7 Å². The second-order valence-electron chi connectivity index (χ2n) is 12.1. The Bertz CT molecular complexity index is 1830. The van der Waals surface area contributed by atoms with Crippen molar-refractivity contribution in [3.8, 4) is 0 Å². The zero-order valence-corrected chi connectivity index (χ0v) is 28.0. The molecule has 0 aromatic heterocycles. The van der Waals surface area contributed by atoms with Gasteiger partial charge in [0.25, 0.3) is 7.37 Å². The van der Waals surface area contributed by atoms with Gasteiger partial charge < -0.3 is 19.9 Å². The zero-order valence-electron chi connectivity index (χ0n) is 27.1. The van der Waals surface area contributed by atoms with Crippen molar-refractivity contribution in [2.45, 2.75) is 57.3 Å². The van der Waals surface area contributed by atoms with E-state index >= 15 is 0 Å². The number of carbonyl (C=O) groups is 4. The molecule has 252 valence electrons. The molecular formula is C38H38N3O7P. The number of benzene rings is 4. The molecule has 0 radical (unpaired) electrons. The van der Waals surface area contributed by atoms with Crippen LogP contribution in [0.4, 0.5) is 10.5 Å². The summed E-state index contributed by atoms with van der Waals surface area (Å²) in [6.07, 6.45) is 0.625. The highest BCUT2D eigenvalue weighted by molar-refractivity contribution is 7.74. The summed E-state index contributed by atoms with van der Waals surface area (Å²) in [4.78, 5) is 55.7. The van der Waals surface area contributed by atoms with E-state index in [1.165, 1.54) is 4.90 Å². The summed E-state index contributed by atoms with van der Waals surface area (Å²) >= 11 is 0. The van der Waals surface area contributed by atoms with Gasteiger partial charge in [-0.2, -0.15) is 0 Å². The van der Waals surface area contributed by atoms with Gasteiger partial charge in [0.05, 0.1) is 11.7 Å². The summed E-state index contributed by atoms with van der Waals surface area (Å²) < 4.78 is 25.6. The van der Waals surface area contributed by atoms with Gasteiger partial charge in [-0.05, 0) is 60.2 Å². The van der Waals surface area contributed by atoms with Crippen molar-refractivity contribution in [3.63, 3.8) is 0 Å². The SMILES string of the molecule is CCC(NC(=O)[C@@H]1Cc2cccc3c2N1C(=O)[C@@H](NC(=O)OCc1ccccc1)CC3)C(=O)COP(=O)(c1ccccc1)c1ccccc1. The minimum Gasteiger partial charge on any atom is -0.445 e. The Kier molecular flexibility index (Phi) is 10.4. The molecule has 2 aliphatic heterocycles. The van der Waals surface area contributed by atoms with Crippen LogP contribution in [0.25, 0.3) is 0 Å². The van der Waals surface area contributed by atoms with E-state index < -0.39 is 55.8 Å². The number of Topliss-reactive ketones (excluding diaryl/α,β-unsaturated/α-hetero) is 1. The van der Waals surface area contributed by atoms with E-state index in [1.807, 2.05) is 60.7 Å². The second-order valence-corrected chi connectivity index (χ2v) is 14.5. The lowest BCUT2D eigenvalue weighted by atomic mass is 10.0. The first-order valence-electron chi connectivity index (χ1n) is 16.4. The van der Waals surface area contributed by atoms with Crippen LogP contribution in [0.5, 0.6) is 0 Å². The number of nitrogens with zero attached hydrogens (tertiary/aromatic N) is 1. The fourth-order valence-corrected chi connectivity index (χ4v) is 8.40. The van der Waals surface area contributed by atoms with E-state index in [4.69, 9.17) is 9.26 Å². The number of aryl methyl sites for hydroxylation is 1. The van der Waals surface area contributed by atoms with E-state index in [9.17, 15) is 23.7 Å². The molecule has 0 saturated heterocycles. The van der Waals surface area contributed by atoms with Gasteiger partial charge in [-0.25, -0.2) is 4.79 Å². The normalized spacial score (nSPS) is 17.4. The molecule has 0 aliphatic carbocycles. The largest absolute Gasteiger partial charge is 0.445 e. The number of ketones is 1. The molecule has 0 bridgehead atoms. The first-order chi connectivity index (χ1) is 23.8. The van der Waals surface area contributed by atoms with Gasteiger partial charge in [0.1, 0.15) is 25.3 Å². The van der Waals surface area contributed by atoms with Gasteiger partial charge >= 0.3 is 6.09 Å². The first-order valence-corrected chi connectivity index (χ1v) is 18.0. The van der Waals surface area contributed by atoms with Crippen molar-refractivity contribution in [3.05, 3.63) is 126 Å². The van der Waals surface area contributed by atoms with Crippen molar-refractivity contribution < 1.29 is 33.0 Å². The number of hydrogen-bond acceptors (Lipinski definition) is 7. The summed E-state index contributed by atoms with van der Waals surface area (Å²) in [5.74, 6) is -1.37. The molecule has 3 amide bonds. The Balaban J connectivity index is 1.15. The van der Waals surface area contributed by atoms with Crippen LogP contribution in [-0.4, -0.2) is 48.4 Å². The molecule has 4 aromatic rings. The Morgan fingerprint density at radius 1 is 0.857 bits per heavy atom. The second kappa shape index (κ2) is 15.0. The number of hydrogen-bond donors (Lipinski definition) is 2. The van der Waals surface area contributed by atoms with Gasteiger partial charge in [0, 0.05) is 17.0 Å². The third kappa shape index (κ3) is 7.36.